The van der Waals surface area contributed by atoms with Crippen LogP contribution in [-0.4, -0.2) is 40.9 Å². The van der Waals surface area contributed by atoms with Crippen LogP contribution in [0.4, 0.5) is 0 Å². The van der Waals surface area contributed by atoms with Gasteiger partial charge in [-0.05, 0) is 0 Å². The Morgan fingerprint density at radius 1 is 1.00 bits per heavy atom. The third-order valence-corrected chi connectivity index (χ3v) is 4.50. The second kappa shape index (κ2) is 4.15. The van der Waals surface area contributed by atoms with Crippen molar-refractivity contribution < 1.29 is 17.4 Å². The molecule has 0 atom stereocenters. The molecule has 0 aromatic carbocycles. The highest BCUT2D eigenvalue weighted by molar-refractivity contribution is 6.57. The molecule has 6 heteroatoms. The highest BCUT2D eigenvalue weighted by Gasteiger charge is 2.39. The van der Waals surface area contributed by atoms with Crippen molar-refractivity contribution in [2.45, 2.75) is 0 Å². The Morgan fingerprint density at radius 3 is 1.33 bits per heavy atom. The molecule has 0 heterocycles. The first-order valence-electron chi connectivity index (χ1n) is 2.45. The maximum absolute atomic E-state index is 5.00. The van der Waals surface area contributed by atoms with Crippen LogP contribution in [0.1, 0.15) is 0 Å². The van der Waals surface area contributed by atoms with E-state index in [1.807, 2.05) is 0 Å². The predicted octanol–water partition coefficient (Wildman–Crippen LogP) is -1.34. The largest absolute Gasteiger partial charge is 0.667 e. The van der Waals surface area contributed by atoms with E-state index in [2.05, 4.69) is 0 Å². The van der Waals surface area contributed by atoms with Crippen molar-refractivity contribution in [3.05, 3.63) is 0 Å². The second-order valence-corrected chi connectivity index (χ2v) is 5.17. The zero-order valence-corrected chi connectivity index (χ0v) is 9.13. The maximum atomic E-state index is 5.00. The molecule has 0 saturated carbocycles. The molecule has 0 unspecified atom stereocenters. The predicted molar refractivity (Wildman–Crippen MR) is 37.8 cm³/mol. The van der Waals surface area contributed by atoms with Gasteiger partial charge in [0.2, 0.25) is 0 Å². The molecule has 0 radical (unpaired) electrons. The van der Waals surface area contributed by atoms with Gasteiger partial charge in [-0.1, -0.05) is 0 Å². The lowest BCUT2D eigenvalue weighted by atomic mass is 11.8. The van der Waals surface area contributed by atoms with E-state index in [1.165, 1.54) is 21.3 Å². The van der Waals surface area contributed by atoms with Crippen LogP contribution < -0.4 is 0 Å². The Kier molecular flexibility index (Phi) is 4.27. The Bertz CT molecular complexity index is 56.7. The number of hydrogen-bond acceptors (Lipinski definition) is 4. The van der Waals surface area contributed by atoms with E-state index >= 15 is 0 Å². The topological polar surface area (TPSA) is 36.9 Å². The van der Waals surface area contributed by atoms with Gasteiger partial charge in [-0.15, -0.1) is 0 Å². The average molecular weight is 168 g/mol. The molecule has 9 heavy (non-hydrogen) atoms. The zero-order chi connectivity index (χ0) is 7.33. The minimum atomic E-state index is -2.63. The standard InChI is InChI=1S/C3H12O4Si2/c1-4-9(5-2,6-3)7-8/h1-3,8H3. The summed E-state index contributed by atoms with van der Waals surface area (Å²) < 4.78 is 19.7. The van der Waals surface area contributed by atoms with Crippen molar-refractivity contribution in [1.29, 1.82) is 0 Å². The number of hydrogen-bond donors (Lipinski definition) is 0. The van der Waals surface area contributed by atoms with E-state index in [1.54, 1.807) is 0 Å². The van der Waals surface area contributed by atoms with Gasteiger partial charge in [0, 0.05) is 21.3 Å². The van der Waals surface area contributed by atoms with Crippen LogP contribution in [0.15, 0.2) is 0 Å². The van der Waals surface area contributed by atoms with E-state index in [9.17, 15) is 0 Å². The summed E-state index contributed by atoms with van der Waals surface area (Å²) in [4.78, 5) is 0. The summed E-state index contributed by atoms with van der Waals surface area (Å²) in [5.41, 5.74) is 0. The van der Waals surface area contributed by atoms with E-state index in [-0.39, 0.29) is 0 Å². The molecule has 0 N–H and O–H groups in total. The highest BCUT2D eigenvalue weighted by Crippen LogP contribution is 2.03. The first-order valence-corrected chi connectivity index (χ1v) is 4.90. The van der Waals surface area contributed by atoms with Gasteiger partial charge in [-0.25, -0.2) is 0 Å². The minimum absolute atomic E-state index is 0.562. The lowest BCUT2D eigenvalue weighted by molar-refractivity contribution is 0.0544. The zero-order valence-electron chi connectivity index (χ0n) is 6.13. The molecule has 0 rings (SSSR count). The fourth-order valence-electron chi connectivity index (χ4n) is 0.500. The summed E-state index contributed by atoms with van der Waals surface area (Å²) >= 11 is 0. The lowest BCUT2D eigenvalue weighted by Gasteiger charge is -2.20. The molecule has 56 valence electrons. The van der Waals surface area contributed by atoms with E-state index < -0.39 is 9.05 Å². The van der Waals surface area contributed by atoms with Crippen LogP contribution in [0.5, 0.6) is 0 Å². The van der Waals surface area contributed by atoms with Crippen LogP contribution in [0.25, 0.3) is 0 Å². The highest BCUT2D eigenvalue weighted by atomic mass is 28.4. The van der Waals surface area contributed by atoms with Crippen LogP contribution in [0.2, 0.25) is 0 Å². The molecule has 0 amide bonds. The van der Waals surface area contributed by atoms with Crippen LogP contribution >= 0.6 is 0 Å². The molecule has 0 bridgehead atoms. The van der Waals surface area contributed by atoms with Gasteiger partial charge in [-0.2, -0.15) is 0 Å². The monoisotopic (exact) mass is 168 g/mol. The number of rotatable bonds is 4. The first kappa shape index (κ1) is 9.27. The van der Waals surface area contributed by atoms with Gasteiger partial charge in [0.05, 0.1) is 0 Å². The SMILES string of the molecule is CO[Si](OC)(OC)O[SiH3]. The lowest BCUT2D eigenvalue weighted by Crippen LogP contribution is -2.45. The fourth-order valence-corrected chi connectivity index (χ4v) is 3.00. The Balaban J connectivity index is 3.82. The second-order valence-electron chi connectivity index (χ2n) is 1.32. The Morgan fingerprint density at radius 2 is 1.33 bits per heavy atom. The van der Waals surface area contributed by atoms with Crippen molar-refractivity contribution >= 4 is 19.5 Å². The van der Waals surface area contributed by atoms with Gasteiger partial charge in [-0.3, -0.25) is 0 Å². The van der Waals surface area contributed by atoms with Crippen LogP contribution in [-0.2, 0) is 17.4 Å². The summed E-state index contributed by atoms with van der Waals surface area (Å²) in [6.45, 7) is 0. The smallest absolute Gasteiger partial charge is 0.403 e. The fraction of sp³-hybridized carbons (Fsp3) is 1.00. The molecule has 0 aromatic rings. The van der Waals surface area contributed by atoms with E-state index in [4.69, 9.17) is 17.4 Å². The normalized spacial score (nSPS) is 12.3. The summed E-state index contributed by atoms with van der Waals surface area (Å²) in [5.74, 6) is 0. The summed E-state index contributed by atoms with van der Waals surface area (Å²) in [6.07, 6.45) is 0. The average Bonchev–Trinajstić information content (AvgIpc) is 1.95. The minimum Gasteiger partial charge on any atom is -0.403 e. The molecule has 4 nitrogen and oxygen atoms in total. The Labute approximate surface area is 59.1 Å². The van der Waals surface area contributed by atoms with Crippen molar-refractivity contribution in [2.24, 2.45) is 0 Å². The van der Waals surface area contributed by atoms with Crippen molar-refractivity contribution in [1.82, 2.24) is 0 Å². The first-order chi connectivity index (χ1) is 4.24. The molecule has 0 saturated heterocycles. The quantitative estimate of drug-likeness (QED) is 0.487. The summed E-state index contributed by atoms with van der Waals surface area (Å²) in [6, 6.07) is 0. The summed E-state index contributed by atoms with van der Waals surface area (Å²) in [7, 11) is 2.47. The molecule has 0 aliphatic heterocycles. The van der Waals surface area contributed by atoms with Gasteiger partial charge >= 0.3 is 9.05 Å². The molecule has 0 spiro atoms. The Hall–Kier alpha value is 0.274. The summed E-state index contributed by atoms with van der Waals surface area (Å²) in [5, 5.41) is 0. The molecular formula is C3H12O4Si2. The van der Waals surface area contributed by atoms with Crippen LogP contribution in [0, 0.1) is 0 Å². The van der Waals surface area contributed by atoms with Crippen molar-refractivity contribution in [2.75, 3.05) is 21.3 Å². The van der Waals surface area contributed by atoms with Crippen LogP contribution in [0.3, 0.4) is 0 Å². The molecule has 0 aliphatic carbocycles. The van der Waals surface area contributed by atoms with Gasteiger partial charge in [0.15, 0.2) is 0 Å². The molecule has 0 aliphatic rings. The molecule has 0 fully saturated rings. The van der Waals surface area contributed by atoms with E-state index in [0.717, 1.165) is 0 Å². The third-order valence-electron chi connectivity index (χ3n) is 1.00. The van der Waals surface area contributed by atoms with Gasteiger partial charge in [0.25, 0.3) is 0 Å². The third kappa shape index (κ3) is 2.16. The van der Waals surface area contributed by atoms with Gasteiger partial charge < -0.3 is 17.4 Å². The van der Waals surface area contributed by atoms with Crippen molar-refractivity contribution in [3.63, 3.8) is 0 Å². The van der Waals surface area contributed by atoms with Gasteiger partial charge in [0.1, 0.15) is 10.5 Å². The van der Waals surface area contributed by atoms with E-state index in [0.29, 0.717) is 10.5 Å². The maximum Gasteiger partial charge on any atom is 0.667 e. The molecule has 0 aromatic heterocycles. The molecular weight excluding hydrogens is 156 g/mol. The van der Waals surface area contributed by atoms with Crippen molar-refractivity contribution in [3.8, 4) is 0 Å².